The lowest BCUT2D eigenvalue weighted by atomic mass is 10.2. The van der Waals surface area contributed by atoms with Crippen LogP contribution in [0.5, 0.6) is 0 Å². The maximum atomic E-state index is 11.8. The summed E-state index contributed by atoms with van der Waals surface area (Å²) in [6.07, 6.45) is 6.45. The molecule has 0 aliphatic carbocycles. The third-order valence-electron chi connectivity index (χ3n) is 2.65. The van der Waals surface area contributed by atoms with Crippen molar-refractivity contribution < 1.29 is 19.1 Å². The summed E-state index contributed by atoms with van der Waals surface area (Å²) in [5.74, 6) is -0.978. The van der Waals surface area contributed by atoms with E-state index < -0.39 is 11.9 Å². The molecule has 0 aliphatic rings. The van der Waals surface area contributed by atoms with E-state index in [0.717, 1.165) is 25.7 Å². The minimum absolute atomic E-state index is 0.234. The van der Waals surface area contributed by atoms with Gasteiger partial charge in [0.15, 0.2) is 0 Å². The normalized spacial score (nSPS) is 10.2. The number of hydrogen-bond donors (Lipinski definition) is 1. The molecule has 0 saturated heterocycles. The Morgan fingerprint density at radius 3 is 1.74 bits per heavy atom. The van der Waals surface area contributed by atoms with Crippen LogP contribution < -0.4 is 0 Å². The molecule has 19 heavy (non-hydrogen) atoms. The van der Waals surface area contributed by atoms with Crippen LogP contribution in [0.4, 0.5) is 0 Å². The fourth-order valence-corrected chi connectivity index (χ4v) is 1.48. The number of rotatable bonds is 8. The summed E-state index contributed by atoms with van der Waals surface area (Å²) in [6.45, 7) is 4.76. The highest BCUT2D eigenvalue weighted by Crippen LogP contribution is 2.12. The molecule has 5 nitrogen and oxygen atoms in total. The Morgan fingerprint density at radius 2 is 1.37 bits per heavy atom. The zero-order valence-electron chi connectivity index (χ0n) is 11.5. The van der Waals surface area contributed by atoms with Gasteiger partial charge in [0.25, 0.3) is 0 Å². The first-order valence-electron chi connectivity index (χ1n) is 6.71. The van der Waals surface area contributed by atoms with Crippen LogP contribution in [0.2, 0.25) is 0 Å². The van der Waals surface area contributed by atoms with Gasteiger partial charge in [-0.05, 0) is 12.8 Å². The van der Waals surface area contributed by atoms with Crippen LogP contribution in [-0.4, -0.2) is 30.1 Å². The second-order valence-electron chi connectivity index (χ2n) is 4.26. The van der Waals surface area contributed by atoms with Gasteiger partial charge >= 0.3 is 11.9 Å². The topological polar surface area (TPSA) is 68.4 Å². The second kappa shape index (κ2) is 8.34. The summed E-state index contributed by atoms with van der Waals surface area (Å²) in [5.41, 5.74) is 0.468. The highest BCUT2D eigenvalue weighted by molar-refractivity contribution is 6.03. The van der Waals surface area contributed by atoms with Gasteiger partial charge in [-0.1, -0.05) is 26.7 Å². The fourth-order valence-electron chi connectivity index (χ4n) is 1.48. The van der Waals surface area contributed by atoms with Crippen LogP contribution in [0.25, 0.3) is 0 Å². The van der Waals surface area contributed by atoms with Gasteiger partial charge in [0.2, 0.25) is 0 Å². The molecule has 0 saturated carbocycles. The van der Waals surface area contributed by atoms with E-state index in [2.05, 4.69) is 4.98 Å². The SMILES string of the molecule is CCCCOC(=O)c1c[nH]cc1C(=O)OCCCC. The molecule has 0 bridgehead atoms. The van der Waals surface area contributed by atoms with Gasteiger partial charge < -0.3 is 14.5 Å². The molecule has 0 aliphatic heterocycles. The molecule has 0 aromatic carbocycles. The molecule has 1 heterocycles. The first-order chi connectivity index (χ1) is 9.20. The van der Waals surface area contributed by atoms with Crippen molar-refractivity contribution in [2.24, 2.45) is 0 Å². The van der Waals surface area contributed by atoms with Crippen molar-refractivity contribution in [3.05, 3.63) is 23.5 Å². The number of ether oxygens (including phenoxy) is 2. The summed E-state index contributed by atoms with van der Waals surface area (Å²) in [6, 6.07) is 0. The maximum Gasteiger partial charge on any atom is 0.340 e. The number of unbranched alkanes of at least 4 members (excludes halogenated alkanes) is 2. The van der Waals surface area contributed by atoms with E-state index in [1.54, 1.807) is 0 Å². The van der Waals surface area contributed by atoms with Crippen molar-refractivity contribution in [2.75, 3.05) is 13.2 Å². The summed E-state index contributed by atoms with van der Waals surface area (Å²) in [4.78, 5) is 26.3. The third-order valence-corrected chi connectivity index (χ3v) is 2.65. The van der Waals surface area contributed by atoms with Crippen LogP contribution >= 0.6 is 0 Å². The van der Waals surface area contributed by atoms with E-state index in [1.165, 1.54) is 12.4 Å². The van der Waals surface area contributed by atoms with E-state index >= 15 is 0 Å². The van der Waals surface area contributed by atoms with Gasteiger partial charge in [0.05, 0.1) is 24.3 Å². The van der Waals surface area contributed by atoms with Gasteiger partial charge in [0, 0.05) is 12.4 Å². The first kappa shape index (κ1) is 15.3. The van der Waals surface area contributed by atoms with Gasteiger partial charge in [-0.25, -0.2) is 9.59 Å². The molecule has 0 spiro atoms. The fraction of sp³-hybridized carbons (Fsp3) is 0.571. The Hall–Kier alpha value is -1.78. The van der Waals surface area contributed by atoms with E-state index in [0.29, 0.717) is 13.2 Å². The molecule has 106 valence electrons. The highest BCUT2D eigenvalue weighted by atomic mass is 16.5. The van der Waals surface area contributed by atoms with Crippen LogP contribution in [0.15, 0.2) is 12.4 Å². The summed E-state index contributed by atoms with van der Waals surface area (Å²) >= 11 is 0. The molecule has 5 heteroatoms. The molecule has 1 rings (SSSR count). The monoisotopic (exact) mass is 267 g/mol. The lowest BCUT2D eigenvalue weighted by Gasteiger charge is -2.05. The van der Waals surface area contributed by atoms with Crippen LogP contribution in [-0.2, 0) is 9.47 Å². The van der Waals surface area contributed by atoms with Crippen LogP contribution in [0, 0.1) is 0 Å². The number of hydrogen-bond acceptors (Lipinski definition) is 4. The molecular weight excluding hydrogens is 246 g/mol. The first-order valence-corrected chi connectivity index (χ1v) is 6.71. The minimum atomic E-state index is -0.489. The number of carbonyl (C=O) groups excluding carboxylic acids is 2. The van der Waals surface area contributed by atoms with Crippen molar-refractivity contribution in [2.45, 2.75) is 39.5 Å². The summed E-state index contributed by atoms with van der Waals surface area (Å²) in [5, 5.41) is 0. The lowest BCUT2D eigenvalue weighted by molar-refractivity contribution is 0.0454. The highest BCUT2D eigenvalue weighted by Gasteiger charge is 2.20. The average molecular weight is 267 g/mol. The van der Waals surface area contributed by atoms with E-state index in [-0.39, 0.29) is 11.1 Å². The third kappa shape index (κ3) is 4.77. The average Bonchev–Trinajstić information content (AvgIpc) is 2.88. The van der Waals surface area contributed by atoms with Crippen molar-refractivity contribution in [1.29, 1.82) is 0 Å². The molecule has 1 aromatic heterocycles. The largest absolute Gasteiger partial charge is 0.462 e. The minimum Gasteiger partial charge on any atom is -0.462 e. The number of esters is 2. The summed E-state index contributed by atoms with van der Waals surface area (Å²) in [7, 11) is 0. The number of carbonyl (C=O) groups is 2. The molecule has 0 atom stereocenters. The van der Waals surface area contributed by atoms with E-state index in [1.807, 2.05) is 13.8 Å². The second-order valence-corrected chi connectivity index (χ2v) is 4.26. The van der Waals surface area contributed by atoms with Crippen molar-refractivity contribution in [3.63, 3.8) is 0 Å². The van der Waals surface area contributed by atoms with Crippen molar-refractivity contribution >= 4 is 11.9 Å². The van der Waals surface area contributed by atoms with Gasteiger partial charge in [-0.2, -0.15) is 0 Å². The van der Waals surface area contributed by atoms with E-state index in [9.17, 15) is 9.59 Å². The predicted octanol–water partition coefficient (Wildman–Crippen LogP) is 2.93. The Bertz CT molecular complexity index is 375. The number of aromatic nitrogens is 1. The molecule has 0 amide bonds. The Labute approximate surface area is 113 Å². The zero-order chi connectivity index (χ0) is 14.1. The molecule has 1 N–H and O–H groups in total. The molecule has 0 fully saturated rings. The van der Waals surface area contributed by atoms with Crippen molar-refractivity contribution in [1.82, 2.24) is 4.98 Å². The Morgan fingerprint density at radius 1 is 0.947 bits per heavy atom. The number of aromatic amines is 1. The molecule has 0 radical (unpaired) electrons. The van der Waals surface area contributed by atoms with Gasteiger partial charge in [0.1, 0.15) is 0 Å². The van der Waals surface area contributed by atoms with Crippen LogP contribution in [0.1, 0.15) is 60.2 Å². The molecule has 0 unspecified atom stereocenters. The van der Waals surface area contributed by atoms with Gasteiger partial charge in [-0.3, -0.25) is 0 Å². The zero-order valence-corrected chi connectivity index (χ0v) is 11.5. The smallest absolute Gasteiger partial charge is 0.340 e. The standard InChI is InChI=1S/C14H21NO4/c1-3-5-7-18-13(16)11-9-15-10-12(11)14(17)19-8-6-4-2/h9-10,15H,3-8H2,1-2H3. The number of H-pyrrole nitrogens is 1. The van der Waals surface area contributed by atoms with Gasteiger partial charge in [-0.15, -0.1) is 0 Å². The Kier molecular flexibility index (Phi) is 6.71. The summed E-state index contributed by atoms with van der Waals surface area (Å²) < 4.78 is 10.2. The number of nitrogens with one attached hydrogen (secondary N) is 1. The van der Waals surface area contributed by atoms with E-state index in [4.69, 9.17) is 9.47 Å². The lowest BCUT2D eigenvalue weighted by Crippen LogP contribution is -2.13. The quantitative estimate of drug-likeness (QED) is 0.581. The molecular formula is C14H21NO4. The molecule has 1 aromatic rings. The maximum absolute atomic E-state index is 11.8. The predicted molar refractivity (Wildman–Crippen MR) is 71.2 cm³/mol. The van der Waals surface area contributed by atoms with Crippen molar-refractivity contribution in [3.8, 4) is 0 Å². The Balaban J connectivity index is 2.58. The van der Waals surface area contributed by atoms with Crippen LogP contribution in [0.3, 0.4) is 0 Å².